The highest BCUT2D eigenvalue weighted by molar-refractivity contribution is 5.88. The fraction of sp³-hybridized carbons (Fsp3) is 0.526. The normalized spacial score (nSPS) is 16.0. The molecular weight excluding hydrogens is 286 g/mol. The van der Waals surface area contributed by atoms with Crippen LogP contribution in [0.25, 0.3) is 10.9 Å². The van der Waals surface area contributed by atoms with Crippen LogP contribution in [0.4, 0.5) is 0 Å². The standard InChI is InChI=1S/C19H27N3O/c1-5-6-22-13(3)16(7-12(2)19(20)23)17-8-14-10-21(4)11-15(14)9-18(17)22/h8-9,12H,5-7,10-11H2,1-4H3,(H2,20,23). The first-order chi connectivity index (χ1) is 10.9. The second-order valence-corrected chi connectivity index (χ2v) is 7.03. The summed E-state index contributed by atoms with van der Waals surface area (Å²) in [5.74, 6) is -0.355. The van der Waals surface area contributed by atoms with Gasteiger partial charge in [-0.3, -0.25) is 9.69 Å². The average molecular weight is 313 g/mol. The maximum atomic E-state index is 11.5. The lowest BCUT2D eigenvalue weighted by Crippen LogP contribution is -2.22. The molecule has 0 fully saturated rings. The third kappa shape index (κ3) is 2.76. The van der Waals surface area contributed by atoms with Crippen molar-refractivity contribution in [1.29, 1.82) is 0 Å². The zero-order valence-electron chi connectivity index (χ0n) is 14.6. The van der Waals surface area contributed by atoms with Crippen molar-refractivity contribution < 1.29 is 4.79 Å². The van der Waals surface area contributed by atoms with Gasteiger partial charge in [-0.15, -0.1) is 0 Å². The van der Waals surface area contributed by atoms with E-state index in [-0.39, 0.29) is 11.8 Å². The Morgan fingerprint density at radius 1 is 1.30 bits per heavy atom. The molecule has 3 rings (SSSR count). The van der Waals surface area contributed by atoms with E-state index in [1.807, 2.05) is 6.92 Å². The van der Waals surface area contributed by atoms with E-state index >= 15 is 0 Å². The molecule has 4 nitrogen and oxygen atoms in total. The first kappa shape index (κ1) is 16.1. The van der Waals surface area contributed by atoms with Crippen LogP contribution in [-0.4, -0.2) is 22.4 Å². The summed E-state index contributed by atoms with van der Waals surface area (Å²) in [7, 11) is 2.16. The van der Waals surface area contributed by atoms with E-state index < -0.39 is 0 Å². The highest BCUT2D eigenvalue weighted by Crippen LogP contribution is 2.33. The van der Waals surface area contributed by atoms with Crippen molar-refractivity contribution >= 4 is 16.8 Å². The number of carbonyl (C=O) groups is 1. The highest BCUT2D eigenvalue weighted by atomic mass is 16.1. The molecule has 1 unspecified atom stereocenters. The van der Waals surface area contributed by atoms with Crippen molar-refractivity contribution in [3.05, 3.63) is 34.5 Å². The number of hydrogen-bond acceptors (Lipinski definition) is 2. The predicted molar refractivity (Wildman–Crippen MR) is 94.2 cm³/mol. The monoisotopic (exact) mass is 313 g/mol. The minimum Gasteiger partial charge on any atom is -0.369 e. The van der Waals surface area contributed by atoms with Gasteiger partial charge < -0.3 is 10.3 Å². The largest absolute Gasteiger partial charge is 0.369 e. The number of carbonyl (C=O) groups excluding carboxylic acids is 1. The number of nitrogens with two attached hydrogens (primary N) is 1. The number of amides is 1. The summed E-state index contributed by atoms with van der Waals surface area (Å²) in [4.78, 5) is 13.9. The van der Waals surface area contributed by atoms with Crippen molar-refractivity contribution in [1.82, 2.24) is 9.47 Å². The molecule has 1 aromatic heterocycles. The van der Waals surface area contributed by atoms with Gasteiger partial charge in [0.15, 0.2) is 0 Å². The number of aryl methyl sites for hydroxylation is 1. The number of hydrogen-bond donors (Lipinski definition) is 1. The highest BCUT2D eigenvalue weighted by Gasteiger charge is 2.22. The first-order valence-corrected chi connectivity index (χ1v) is 8.53. The molecule has 0 saturated carbocycles. The molecule has 1 amide bonds. The maximum Gasteiger partial charge on any atom is 0.220 e. The molecule has 4 heteroatoms. The Hall–Kier alpha value is -1.81. The predicted octanol–water partition coefficient (Wildman–Crippen LogP) is 2.97. The van der Waals surface area contributed by atoms with Crippen molar-refractivity contribution in [3.63, 3.8) is 0 Å². The molecular formula is C19H27N3O. The van der Waals surface area contributed by atoms with Crippen LogP contribution in [0.5, 0.6) is 0 Å². The van der Waals surface area contributed by atoms with Gasteiger partial charge in [0.2, 0.25) is 5.91 Å². The van der Waals surface area contributed by atoms with Crippen molar-refractivity contribution in [2.75, 3.05) is 7.05 Å². The fourth-order valence-corrected chi connectivity index (χ4v) is 3.79. The molecule has 0 spiro atoms. The number of benzene rings is 1. The molecule has 0 radical (unpaired) electrons. The van der Waals surface area contributed by atoms with Crippen molar-refractivity contribution in [2.45, 2.75) is 53.2 Å². The van der Waals surface area contributed by atoms with Crippen LogP contribution in [0.3, 0.4) is 0 Å². The summed E-state index contributed by atoms with van der Waals surface area (Å²) < 4.78 is 2.41. The molecule has 23 heavy (non-hydrogen) atoms. The van der Waals surface area contributed by atoms with Crippen LogP contribution in [0.2, 0.25) is 0 Å². The molecule has 1 aliphatic rings. The third-order valence-corrected chi connectivity index (χ3v) is 5.10. The molecule has 0 saturated heterocycles. The fourth-order valence-electron chi connectivity index (χ4n) is 3.79. The van der Waals surface area contributed by atoms with Gasteiger partial charge in [-0.2, -0.15) is 0 Å². The quantitative estimate of drug-likeness (QED) is 0.922. The van der Waals surface area contributed by atoms with Gasteiger partial charge >= 0.3 is 0 Å². The van der Waals surface area contributed by atoms with Gasteiger partial charge in [0.1, 0.15) is 0 Å². The minimum atomic E-state index is -0.221. The zero-order chi connectivity index (χ0) is 16.7. The zero-order valence-corrected chi connectivity index (χ0v) is 14.6. The van der Waals surface area contributed by atoms with Crippen LogP contribution in [-0.2, 0) is 30.8 Å². The van der Waals surface area contributed by atoms with E-state index in [2.05, 4.69) is 42.5 Å². The van der Waals surface area contributed by atoms with Gasteiger partial charge in [0.05, 0.1) is 0 Å². The maximum absolute atomic E-state index is 11.5. The van der Waals surface area contributed by atoms with Gasteiger partial charge in [-0.1, -0.05) is 13.8 Å². The molecule has 1 aliphatic heterocycles. The Bertz CT molecular complexity index is 760. The molecule has 0 bridgehead atoms. The number of rotatable bonds is 5. The second-order valence-electron chi connectivity index (χ2n) is 7.03. The topological polar surface area (TPSA) is 51.3 Å². The number of nitrogens with zero attached hydrogens (tertiary/aromatic N) is 2. The third-order valence-electron chi connectivity index (χ3n) is 5.10. The summed E-state index contributed by atoms with van der Waals surface area (Å²) in [6, 6.07) is 4.70. The molecule has 2 N–H and O–H groups in total. The van der Waals surface area contributed by atoms with E-state index in [4.69, 9.17) is 5.73 Å². The van der Waals surface area contributed by atoms with Gasteiger partial charge in [0.25, 0.3) is 0 Å². The number of primary amides is 1. The smallest absolute Gasteiger partial charge is 0.220 e. The average Bonchev–Trinajstić information content (AvgIpc) is 2.97. The minimum absolute atomic E-state index is 0.134. The summed E-state index contributed by atoms with van der Waals surface area (Å²) in [5, 5.41) is 1.30. The van der Waals surface area contributed by atoms with E-state index in [1.165, 1.54) is 33.3 Å². The second kappa shape index (κ2) is 6.00. The molecule has 124 valence electrons. The Labute approximate surface area is 138 Å². The first-order valence-electron chi connectivity index (χ1n) is 8.53. The van der Waals surface area contributed by atoms with Crippen LogP contribution in [0.15, 0.2) is 12.1 Å². The number of fused-ring (bicyclic) bond motifs is 2. The van der Waals surface area contributed by atoms with Gasteiger partial charge in [-0.05, 0) is 55.6 Å². The van der Waals surface area contributed by atoms with Crippen LogP contribution >= 0.6 is 0 Å². The molecule has 2 aromatic rings. The van der Waals surface area contributed by atoms with E-state index in [0.717, 1.165) is 32.5 Å². The summed E-state index contributed by atoms with van der Waals surface area (Å²) >= 11 is 0. The van der Waals surface area contributed by atoms with Crippen molar-refractivity contribution in [2.24, 2.45) is 11.7 Å². The lowest BCUT2D eigenvalue weighted by Gasteiger charge is -2.09. The molecule has 0 aliphatic carbocycles. The Morgan fingerprint density at radius 3 is 2.57 bits per heavy atom. The summed E-state index contributed by atoms with van der Waals surface area (Å²) in [6.45, 7) is 9.35. The van der Waals surface area contributed by atoms with Crippen LogP contribution in [0, 0.1) is 12.8 Å². The SMILES string of the molecule is CCCn1c(C)c(CC(C)C(N)=O)c2cc3c(cc21)CN(C)C3. The van der Waals surface area contributed by atoms with E-state index in [9.17, 15) is 4.79 Å². The van der Waals surface area contributed by atoms with Crippen molar-refractivity contribution in [3.8, 4) is 0 Å². The Balaban J connectivity index is 2.16. The Morgan fingerprint density at radius 2 is 1.96 bits per heavy atom. The van der Waals surface area contributed by atoms with Gasteiger partial charge in [0, 0.05) is 42.1 Å². The van der Waals surface area contributed by atoms with E-state index in [0.29, 0.717) is 0 Å². The molecule has 2 heterocycles. The lowest BCUT2D eigenvalue weighted by atomic mass is 9.96. The Kier molecular flexibility index (Phi) is 4.19. The number of aromatic nitrogens is 1. The summed E-state index contributed by atoms with van der Waals surface area (Å²) in [5.41, 5.74) is 12.2. The van der Waals surface area contributed by atoms with Gasteiger partial charge in [-0.25, -0.2) is 0 Å². The molecule has 1 atom stereocenters. The van der Waals surface area contributed by atoms with Crippen LogP contribution < -0.4 is 5.73 Å². The van der Waals surface area contributed by atoms with Crippen LogP contribution in [0.1, 0.15) is 42.7 Å². The van der Waals surface area contributed by atoms with E-state index in [1.54, 1.807) is 0 Å². The molecule has 1 aromatic carbocycles. The summed E-state index contributed by atoms with van der Waals surface area (Å²) in [6.07, 6.45) is 1.83. The lowest BCUT2D eigenvalue weighted by molar-refractivity contribution is -0.121.